The van der Waals surface area contributed by atoms with Crippen LogP contribution < -0.4 is 5.32 Å². The largest absolute Gasteiger partial charge is 0.308 e. The first kappa shape index (κ1) is 16.2. The van der Waals surface area contributed by atoms with Crippen molar-refractivity contribution in [2.75, 3.05) is 12.0 Å². The van der Waals surface area contributed by atoms with E-state index in [1.807, 2.05) is 6.92 Å². The molecule has 0 saturated heterocycles. The van der Waals surface area contributed by atoms with Crippen molar-refractivity contribution in [1.29, 1.82) is 0 Å². The minimum Gasteiger partial charge on any atom is -0.308 e. The van der Waals surface area contributed by atoms with Crippen LogP contribution in [-0.4, -0.2) is 26.5 Å². The van der Waals surface area contributed by atoms with Crippen LogP contribution in [0.5, 0.6) is 0 Å². The Hall–Kier alpha value is -0.870. The van der Waals surface area contributed by atoms with Gasteiger partial charge in [-0.2, -0.15) is 0 Å². The van der Waals surface area contributed by atoms with E-state index in [0.717, 1.165) is 0 Å². The lowest BCUT2D eigenvalue weighted by atomic mass is 10.0. The van der Waals surface area contributed by atoms with Gasteiger partial charge in [0.25, 0.3) is 0 Å². The number of hydrogen-bond donors (Lipinski definition) is 1. The molecule has 0 heterocycles. The summed E-state index contributed by atoms with van der Waals surface area (Å²) < 4.78 is 22.3. The predicted octanol–water partition coefficient (Wildman–Crippen LogP) is 2.78. The molecule has 1 rings (SSSR count). The molecule has 2 atom stereocenters. The van der Waals surface area contributed by atoms with E-state index < -0.39 is 9.84 Å². The molecule has 0 aliphatic carbocycles. The average Bonchev–Trinajstić information content (AvgIpc) is 2.29. The van der Waals surface area contributed by atoms with Crippen LogP contribution in [0.4, 0.5) is 0 Å². The molecule has 1 aromatic carbocycles. The van der Waals surface area contributed by atoms with Gasteiger partial charge in [0.05, 0.1) is 5.75 Å². The van der Waals surface area contributed by atoms with Crippen LogP contribution in [0.3, 0.4) is 0 Å². The summed E-state index contributed by atoms with van der Waals surface area (Å²) in [7, 11) is -2.87. The van der Waals surface area contributed by atoms with Gasteiger partial charge in [-0.15, -0.1) is 0 Å². The summed E-state index contributed by atoms with van der Waals surface area (Å²) in [6.07, 6.45) is 1.93. The monoisotopic (exact) mass is 283 g/mol. The van der Waals surface area contributed by atoms with Crippen molar-refractivity contribution in [1.82, 2.24) is 5.32 Å². The summed E-state index contributed by atoms with van der Waals surface area (Å²) >= 11 is 0. The van der Waals surface area contributed by atoms with Crippen molar-refractivity contribution < 1.29 is 8.42 Å². The zero-order chi connectivity index (χ0) is 14.6. The number of sulfone groups is 1. The SMILES string of the molecule is Cc1ccc([C@@H](C)N[C@H](C)CCS(C)(=O)=O)cc1C. The maximum Gasteiger partial charge on any atom is 0.147 e. The molecule has 1 aromatic rings. The van der Waals surface area contributed by atoms with Crippen molar-refractivity contribution in [3.63, 3.8) is 0 Å². The van der Waals surface area contributed by atoms with Crippen molar-refractivity contribution in [2.45, 2.75) is 46.2 Å². The van der Waals surface area contributed by atoms with Crippen LogP contribution in [-0.2, 0) is 9.84 Å². The average molecular weight is 283 g/mol. The lowest BCUT2D eigenvalue weighted by Crippen LogP contribution is -2.30. The highest BCUT2D eigenvalue weighted by Crippen LogP contribution is 2.17. The number of rotatable bonds is 6. The van der Waals surface area contributed by atoms with E-state index in [-0.39, 0.29) is 17.8 Å². The Morgan fingerprint density at radius 2 is 1.79 bits per heavy atom. The lowest BCUT2D eigenvalue weighted by molar-refractivity contribution is 0.468. The minimum atomic E-state index is -2.87. The van der Waals surface area contributed by atoms with E-state index in [9.17, 15) is 8.42 Å². The van der Waals surface area contributed by atoms with E-state index in [4.69, 9.17) is 0 Å². The zero-order valence-electron chi connectivity index (χ0n) is 12.5. The first-order chi connectivity index (χ1) is 8.69. The summed E-state index contributed by atoms with van der Waals surface area (Å²) in [5, 5.41) is 3.45. The van der Waals surface area contributed by atoms with Gasteiger partial charge in [0.1, 0.15) is 9.84 Å². The number of nitrogens with one attached hydrogen (secondary N) is 1. The molecule has 0 aliphatic rings. The molecule has 0 aromatic heterocycles. The number of benzene rings is 1. The Bertz CT molecular complexity index is 523. The summed E-state index contributed by atoms with van der Waals surface area (Å²) in [6, 6.07) is 6.86. The van der Waals surface area contributed by atoms with Gasteiger partial charge in [0.2, 0.25) is 0 Å². The Morgan fingerprint density at radius 3 is 2.32 bits per heavy atom. The molecular formula is C15H25NO2S. The minimum absolute atomic E-state index is 0.186. The van der Waals surface area contributed by atoms with E-state index in [0.29, 0.717) is 6.42 Å². The van der Waals surface area contributed by atoms with Crippen LogP contribution in [0.25, 0.3) is 0 Å². The third-order valence-electron chi connectivity index (χ3n) is 3.49. The Morgan fingerprint density at radius 1 is 1.16 bits per heavy atom. The Labute approximate surface area is 117 Å². The molecule has 0 fully saturated rings. The fourth-order valence-corrected chi connectivity index (χ4v) is 2.81. The second kappa shape index (κ2) is 6.53. The van der Waals surface area contributed by atoms with Crippen molar-refractivity contribution >= 4 is 9.84 Å². The number of hydrogen-bond acceptors (Lipinski definition) is 3. The zero-order valence-corrected chi connectivity index (χ0v) is 13.3. The van der Waals surface area contributed by atoms with Gasteiger partial charge < -0.3 is 5.32 Å². The van der Waals surface area contributed by atoms with Crippen molar-refractivity contribution in [3.8, 4) is 0 Å². The van der Waals surface area contributed by atoms with Gasteiger partial charge in [-0.05, 0) is 50.8 Å². The number of aryl methyl sites for hydroxylation is 2. The topological polar surface area (TPSA) is 46.2 Å². The predicted molar refractivity (Wildman–Crippen MR) is 81.3 cm³/mol. The van der Waals surface area contributed by atoms with Crippen LogP contribution in [0.2, 0.25) is 0 Å². The molecule has 4 heteroatoms. The maximum atomic E-state index is 11.1. The second-order valence-corrected chi connectivity index (χ2v) is 7.81. The van der Waals surface area contributed by atoms with Crippen molar-refractivity contribution in [2.24, 2.45) is 0 Å². The molecule has 1 N–H and O–H groups in total. The quantitative estimate of drug-likeness (QED) is 0.873. The Balaban J connectivity index is 2.58. The highest BCUT2D eigenvalue weighted by atomic mass is 32.2. The second-order valence-electron chi connectivity index (χ2n) is 5.55. The Kier molecular flexibility index (Phi) is 5.56. The molecule has 0 amide bonds. The molecule has 0 aliphatic heterocycles. The van der Waals surface area contributed by atoms with Gasteiger partial charge in [-0.3, -0.25) is 0 Å². The van der Waals surface area contributed by atoms with E-state index >= 15 is 0 Å². The van der Waals surface area contributed by atoms with Gasteiger partial charge in [0, 0.05) is 18.3 Å². The van der Waals surface area contributed by atoms with Crippen LogP contribution >= 0.6 is 0 Å². The highest BCUT2D eigenvalue weighted by molar-refractivity contribution is 7.90. The third kappa shape index (κ3) is 5.74. The van der Waals surface area contributed by atoms with Gasteiger partial charge in [-0.1, -0.05) is 18.2 Å². The van der Waals surface area contributed by atoms with Crippen LogP contribution in [0, 0.1) is 13.8 Å². The first-order valence-corrected chi connectivity index (χ1v) is 8.76. The summed E-state index contributed by atoms with van der Waals surface area (Å²) in [5.41, 5.74) is 3.82. The standard InChI is InChI=1S/C15H25NO2S/c1-11-6-7-15(10-12(11)2)14(4)16-13(3)8-9-19(5,17)18/h6-7,10,13-14,16H,8-9H2,1-5H3/t13-,14-/m1/s1. The van der Waals surface area contributed by atoms with Crippen molar-refractivity contribution in [3.05, 3.63) is 34.9 Å². The molecule has 0 bridgehead atoms. The summed E-state index contributed by atoms with van der Waals surface area (Å²) in [6.45, 7) is 8.36. The molecule has 19 heavy (non-hydrogen) atoms. The summed E-state index contributed by atoms with van der Waals surface area (Å²) in [5.74, 6) is 0.237. The molecule has 0 saturated carbocycles. The smallest absolute Gasteiger partial charge is 0.147 e. The first-order valence-electron chi connectivity index (χ1n) is 6.70. The highest BCUT2D eigenvalue weighted by Gasteiger charge is 2.12. The van der Waals surface area contributed by atoms with Crippen LogP contribution in [0.15, 0.2) is 18.2 Å². The molecular weight excluding hydrogens is 258 g/mol. The fraction of sp³-hybridized carbons (Fsp3) is 0.600. The van der Waals surface area contributed by atoms with Gasteiger partial charge >= 0.3 is 0 Å². The van der Waals surface area contributed by atoms with Gasteiger partial charge in [0.15, 0.2) is 0 Å². The lowest BCUT2D eigenvalue weighted by Gasteiger charge is -2.21. The molecule has 0 unspecified atom stereocenters. The van der Waals surface area contributed by atoms with E-state index in [2.05, 4.69) is 44.3 Å². The molecule has 108 valence electrons. The fourth-order valence-electron chi connectivity index (χ4n) is 2.03. The third-order valence-corrected chi connectivity index (χ3v) is 4.46. The maximum absolute atomic E-state index is 11.1. The van der Waals surface area contributed by atoms with E-state index in [1.54, 1.807) is 0 Å². The van der Waals surface area contributed by atoms with Crippen LogP contribution in [0.1, 0.15) is 43.0 Å². The molecule has 3 nitrogen and oxygen atoms in total. The van der Waals surface area contributed by atoms with Gasteiger partial charge in [-0.25, -0.2) is 8.42 Å². The normalized spacial score (nSPS) is 15.2. The summed E-state index contributed by atoms with van der Waals surface area (Å²) in [4.78, 5) is 0. The molecule has 0 radical (unpaired) electrons. The van der Waals surface area contributed by atoms with E-state index in [1.165, 1.54) is 22.9 Å². The molecule has 0 spiro atoms.